The van der Waals surface area contributed by atoms with Gasteiger partial charge in [0.05, 0.1) is 0 Å². The Morgan fingerprint density at radius 1 is 1.00 bits per heavy atom. The molecule has 0 bridgehead atoms. The van der Waals surface area contributed by atoms with Crippen molar-refractivity contribution in [1.29, 1.82) is 0 Å². The normalized spacial score (nSPS) is 20.2. The average molecular weight is 426 g/mol. The van der Waals surface area contributed by atoms with E-state index >= 15 is 0 Å². The Morgan fingerprint density at radius 3 is 2.42 bits per heavy atom. The van der Waals surface area contributed by atoms with Gasteiger partial charge in [-0.25, -0.2) is 0 Å². The van der Waals surface area contributed by atoms with Gasteiger partial charge in [0.15, 0.2) is 0 Å². The number of rotatable bonds is 5. The molecule has 0 spiro atoms. The first-order valence-electron chi connectivity index (χ1n) is 10.5. The van der Waals surface area contributed by atoms with Gasteiger partial charge in [0.25, 0.3) is 0 Å². The molecule has 3 atom stereocenters. The molecular formula is C25H25F3N2O. The number of carbonyl (C=O) groups excluding carboxylic acids is 1. The fraction of sp³-hybridized carbons (Fsp3) is 0.320. The van der Waals surface area contributed by atoms with Crippen molar-refractivity contribution in [2.45, 2.75) is 25.1 Å². The summed E-state index contributed by atoms with van der Waals surface area (Å²) in [5.41, 5.74) is 2.11. The van der Waals surface area contributed by atoms with Crippen molar-refractivity contribution in [3.05, 3.63) is 83.9 Å². The number of halogens is 3. The van der Waals surface area contributed by atoms with Gasteiger partial charge in [-0.2, -0.15) is 13.2 Å². The van der Waals surface area contributed by atoms with E-state index in [1.807, 2.05) is 48.5 Å². The molecule has 31 heavy (non-hydrogen) atoms. The smallest absolute Gasteiger partial charge is 0.334 e. The lowest BCUT2D eigenvalue weighted by molar-refractivity contribution is -0.184. The highest BCUT2D eigenvalue weighted by molar-refractivity contribution is 5.86. The lowest BCUT2D eigenvalue weighted by Crippen LogP contribution is -2.40. The number of benzene rings is 3. The molecule has 3 aromatic carbocycles. The summed E-state index contributed by atoms with van der Waals surface area (Å²) in [5.74, 6) is -2.00. The number of fused-ring (bicyclic) bond motifs is 1. The third kappa shape index (κ3) is 4.59. The van der Waals surface area contributed by atoms with Gasteiger partial charge in [0, 0.05) is 31.6 Å². The SMILES string of the molecule is C[C@@H](NC[C@H]1CN(C(=O)C(F)(F)F)C[C@@H]1c1ccccc1)c1cccc2ccccc12. The van der Waals surface area contributed by atoms with E-state index in [-0.39, 0.29) is 31.0 Å². The van der Waals surface area contributed by atoms with Gasteiger partial charge in [-0.05, 0) is 34.7 Å². The monoisotopic (exact) mass is 426 g/mol. The summed E-state index contributed by atoms with van der Waals surface area (Å²) < 4.78 is 39.1. The summed E-state index contributed by atoms with van der Waals surface area (Å²) in [6.07, 6.45) is -4.85. The van der Waals surface area contributed by atoms with E-state index in [0.29, 0.717) is 6.54 Å². The van der Waals surface area contributed by atoms with E-state index < -0.39 is 12.1 Å². The Labute approximate surface area is 179 Å². The van der Waals surface area contributed by atoms with Crippen LogP contribution in [0, 0.1) is 5.92 Å². The van der Waals surface area contributed by atoms with Crippen molar-refractivity contribution in [2.24, 2.45) is 5.92 Å². The lowest BCUT2D eigenvalue weighted by atomic mass is 9.88. The summed E-state index contributed by atoms with van der Waals surface area (Å²) >= 11 is 0. The van der Waals surface area contributed by atoms with Gasteiger partial charge in [0.2, 0.25) is 0 Å². The van der Waals surface area contributed by atoms with Crippen LogP contribution in [-0.4, -0.2) is 36.6 Å². The molecule has 1 aliphatic heterocycles. The largest absolute Gasteiger partial charge is 0.471 e. The van der Waals surface area contributed by atoms with Crippen molar-refractivity contribution in [1.82, 2.24) is 10.2 Å². The number of carbonyl (C=O) groups is 1. The molecule has 162 valence electrons. The van der Waals surface area contributed by atoms with Gasteiger partial charge in [-0.3, -0.25) is 4.79 Å². The van der Waals surface area contributed by atoms with Crippen LogP contribution in [-0.2, 0) is 4.79 Å². The first-order valence-corrected chi connectivity index (χ1v) is 10.5. The number of nitrogens with one attached hydrogen (secondary N) is 1. The van der Waals surface area contributed by atoms with E-state index in [4.69, 9.17) is 0 Å². The first-order chi connectivity index (χ1) is 14.8. The van der Waals surface area contributed by atoms with E-state index in [1.165, 1.54) is 0 Å². The van der Waals surface area contributed by atoms with Crippen molar-refractivity contribution < 1.29 is 18.0 Å². The molecule has 0 aromatic heterocycles. The van der Waals surface area contributed by atoms with Crippen LogP contribution in [0.15, 0.2) is 72.8 Å². The van der Waals surface area contributed by atoms with Crippen LogP contribution in [0.1, 0.15) is 30.0 Å². The van der Waals surface area contributed by atoms with Gasteiger partial charge in [-0.1, -0.05) is 72.8 Å². The zero-order chi connectivity index (χ0) is 22.0. The summed E-state index contributed by atoms with van der Waals surface area (Å²) in [6, 6.07) is 23.8. The van der Waals surface area contributed by atoms with Crippen LogP contribution in [0.3, 0.4) is 0 Å². The van der Waals surface area contributed by atoms with Crippen LogP contribution < -0.4 is 5.32 Å². The zero-order valence-corrected chi connectivity index (χ0v) is 17.3. The number of nitrogens with zero attached hydrogens (tertiary/aromatic N) is 1. The summed E-state index contributed by atoms with van der Waals surface area (Å²) in [5, 5.41) is 5.82. The highest BCUT2D eigenvalue weighted by Crippen LogP contribution is 2.35. The van der Waals surface area contributed by atoms with Crippen molar-refractivity contribution in [2.75, 3.05) is 19.6 Å². The van der Waals surface area contributed by atoms with Crippen molar-refractivity contribution in [3.8, 4) is 0 Å². The maximum absolute atomic E-state index is 13.0. The maximum atomic E-state index is 13.0. The van der Waals surface area contributed by atoms with Crippen LogP contribution in [0.4, 0.5) is 13.2 Å². The molecule has 0 aliphatic carbocycles. The number of likely N-dealkylation sites (tertiary alicyclic amines) is 1. The maximum Gasteiger partial charge on any atom is 0.471 e. The second kappa shape index (κ2) is 8.71. The fourth-order valence-corrected chi connectivity index (χ4v) is 4.57. The molecule has 1 N–H and O–H groups in total. The Balaban J connectivity index is 1.52. The zero-order valence-electron chi connectivity index (χ0n) is 17.3. The van der Waals surface area contributed by atoms with Crippen LogP contribution in [0.5, 0.6) is 0 Å². The summed E-state index contributed by atoms with van der Waals surface area (Å²) in [6.45, 7) is 2.75. The van der Waals surface area contributed by atoms with E-state index in [2.05, 4.69) is 36.5 Å². The second-order valence-electron chi connectivity index (χ2n) is 8.18. The molecule has 1 heterocycles. The molecule has 3 aromatic rings. The van der Waals surface area contributed by atoms with Gasteiger partial charge < -0.3 is 10.2 Å². The predicted octanol–water partition coefficient (Wildman–Crippen LogP) is 5.29. The number of amides is 1. The molecule has 0 radical (unpaired) electrons. The van der Waals surface area contributed by atoms with Crippen LogP contribution in [0.25, 0.3) is 10.8 Å². The summed E-state index contributed by atoms with van der Waals surface area (Å²) in [4.78, 5) is 12.8. The Morgan fingerprint density at radius 2 is 1.68 bits per heavy atom. The highest BCUT2D eigenvalue weighted by Gasteiger charge is 2.47. The number of hydrogen-bond donors (Lipinski definition) is 1. The molecule has 1 saturated heterocycles. The molecule has 1 amide bonds. The van der Waals surface area contributed by atoms with Gasteiger partial charge in [-0.15, -0.1) is 0 Å². The Bertz CT molecular complexity index is 1050. The van der Waals surface area contributed by atoms with Crippen LogP contribution >= 0.6 is 0 Å². The predicted molar refractivity (Wildman–Crippen MR) is 116 cm³/mol. The quantitative estimate of drug-likeness (QED) is 0.601. The standard InChI is InChI=1S/C25H25F3N2O/c1-17(21-13-7-11-18-10-5-6-12-22(18)21)29-14-20-15-30(24(31)25(26,27)28)16-23(20)19-8-3-2-4-9-19/h2-13,17,20,23,29H,14-16H2,1H3/t17-,20+,23-/m1/s1. The van der Waals surface area contributed by atoms with Crippen LogP contribution in [0.2, 0.25) is 0 Å². The molecule has 0 saturated carbocycles. The minimum Gasteiger partial charge on any atom is -0.334 e. The molecule has 0 unspecified atom stereocenters. The molecule has 4 rings (SSSR count). The number of hydrogen-bond acceptors (Lipinski definition) is 2. The lowest BCUT2D eigenvalue weighted by Gasteiger charge is -2.23. The average Bonchev–Trinajstić information content (AvgIpc) is 3.20. The minimum absolute atomic E-state index is 0.0230. The molecule has 1 aliphatic rings. The Hall–Kier alpha value is -2.86. The Kier molecular flexibility index (Phi) is 6.01. The fourth-order valence-electron chi connectivity index (χ4n) is 4.57. The van der Waals surface area contributed by atoms with E-state index in [9.17, 15) is 18.0 Å². The van der Waals surface area contributed by atoms with Crippen molar-refractivity contribution >= 4 is 16.7 Å². The van der Waals surface area contributed by atoms with E-state index in [0.717, 1.165) is 26.8 Å². The van der Waals surface area contributed by atoms with Crippen molar-refractivity contribution in [3.63, 3.8) is 0 Å². The third-order valence-corrected chi connectivity index (χ3v) is 6.17. The molecule has 6 heteroatoms. The topological polar surface area (TPSA) is 32.3 Å². The third-order valence-electron chi connectivity index (χ3n) is 6.17. The molecular weight excluding hydrogens is 401 g/mol. The highest BCUT2D eigenvalue weighted by atomic mass is 19.4. The first kappa shape index (κ1) is 21.4. The van der Waals surface area contributed by atoms with Gasteiger partial charge in [0.1, 0.15) is 0 Å². The minimum atomic E-state index is -4.85. The second-order valence-corrected chi connectivity index (χ2v) is 8.18. The summed E-state index contributed by atoms with van der Waals surface area (Å²) in [7, 11) is 0. The van der Waals surface area contributed by atoms with Gasteiger partial charge >= 0.3 is 12.1 Å². The van der Waals surface area contributed by atoms with E-state index in [1.54, 1.807) is 0 Å². The number of alkyl halides is 3. The molecule has 3 nitrogen and oxygen atoms in total. The molecule has 1 fully saturated rings.